The van der Waals surface area contributed by atoms with Gasteiger partial charge in [0.2, 0.25) is 0 Å². The first-order valence-electron chi connectivity index (χ1n) is 20.1. The maximum absolute atomic E-state index is 2.41. The summed E-state index contributed by atoms with van der Waals surface area (Å²) >= 11 is 0. The molecule has 0 heterocycles. The molecule has 10 aromatic rings. The van der Waals surface area contributed by atoms with Crippen molar-refractivity contribution in [2.75, 3.05) is 4.90 Å². The number of rotatable bonds is 7. The summed E-state index contributed by atoms with van der Waals surface area (Å²) in [4.78, 5) is 2.38. The Kier molecular flexibility index (Phi) is 8.12. The SMILES string of the molecule is c1ccc(-c2ccc(N(c3ccc(-c4cc5ccccc5c5c4-c4ccccc4C5(c4ccccc4)c4ccccc4)cc3)c3ccc4ccccc4c3)cc2)cc1. The fourth-order valence-corrected chi connectivity index (χ4v) is 9.54. The molecule has 1 heteroatoms. The van der Waals surface area contributed by atoms with Gasteiger partial charge in [-0.25, -0.2) is 0 Å². The van der Waals surface area contributed by atoms with Crippen molar-refractivity contribution in [2.45, 2.75) is 5.41 Å². The van der Waals surface area contributed by atoms with E-state index in [9.17, 15) is 0 Å². The molecule has 11 rings (SSSR count). The van der Waals surface area contributed by atoms with E-state index in [1.165, 1.54) is 77.2 Å². The van der Waals surface area contributed by atoms with E-state index in [2.05, 4.69) is 241 Å². The van der Waals surface area contributed by atoms with Gasteiger partial charge in [-0.2, -0.15) is 0 Å². The van der Waals surface area contributed by atoms with Crippen molar-refractivity contribution in [3.8, 4) is 33.4 Å². The standard InChI is InChI=1S/C57H39N/c1-4-16-40(17-5-1)42-28-33-48(34-29-42)58(50-37-30-41-18-10-11-19-44(41)38-50)49-35-31-43(32-36-49)53-39-45-20-12-13-25-51(45)56-55(53)52-26-14-15-27-54(52)57(56,46-21-6-2-7-22-46)47-23-8-3-9-24-47/h1-39H. The van der Waals surface area contributed by atoms with Gasteiger partial charge in [-0.15, -0.1) is 0 Å². The second-order valence-electron chi connectivity index (χ2n) is 15.2. The summed E-state index contributed by atoms with van der Waals surface area (Å²) in [7, 11) is 0. The van der Waals surface area contributed by atoms with Gasteiger partial charge in [0, 0.05) is 17.1 Å². The van der Waals surface area contributed by atoms with Crippen LogP contribution in [0, 0.1) is 0 Å². The summed E-state index contributed by atoms with van der Waals surface area (Å²) in [5, 5.41) is 4.96. The largest absolute Gasteiger partial charge is 0.310 e. The summed E-state index contributed by atoms with van der Waals surface area (Å²) < 4.78 is 0. The summed E-state index contributed by atoms with van der Waals surface area (Å²) in [6.45, 7) is 0. The lowest BCUT2D eigenvalue weighted by atomic mass is 9.66. The molecule has 0 spiro atoms. The number of hydrogen-bond acceptors (Lipinski definition) is 1. The predicted molar refractivity (Wildman–Crippen MR) is 244 cm³/mol. The monoisotopic (exact) mass is 737 g/mol. The van der Waals surface area contributed by atoms with Gasteiger partial charge in [0.25, 0.3) is 0 Å². The quantitative estimate of drug-likeness (QED) is 0.157. The Bertz CT molecular complexity index is 3040. The number of fused-ring (bicyclic) bond motifs is 6. The summed E-state index contributed by atoms with van der Waals surface area (Å²) in [6, 6.07) is 86.8. The molecule has 0 aromatic heterocycles. The van der Waals surface area contributed by atoms with Crippen LogP contribution in [0.2, 0.25) is 0 Å². The van der Waals surface area contributed by atoms with Crippen LogP contribution in [-0.4, -0.2) is 0 Å². The minimum Gasteiger partial charge on any atom is -0.310 e. The number of anilines is 3. The van der Waals surface area contributed by atoms with Gasteiger partial charge in [0.05, 0.1) is 5.41 Å². The molecule has 0 saturated carbocycles. The maximum Gasteiger partial charge on any atom is 0.0719 e. The van der Waals surface area contributed by atoms with Crippen LogP contribution in [0.15, 0.2) is 237 Å². The Morgan fingerprint density at radius 2 is 0.810 bits per heavy atom. The van der Waals surface area contributed by atoms with E-state index in [0.29, 0.717) is 0 Å². The molecule has 0 bridgehead atoms. The summed E-state index contributed by atoms with van der Waals surface area (Å²) in [6.07, 6.45) is 0. The molecule has 1 aliphatic rings. The molecule has 0 N–H and O–H groups in total. The number of nitrogens with zero attached hydrogens (tertiary/aromatic N) is 1. The average Bonchev–Trinajstić information content (AvgIpc) is 3.62. The summed E-state index contributed by atoms with van der Waals surface area (Å²) in [5.74, 6) is 0. The highest BCUT2D eigenvalue weighted by molar-refractivity contribution is 6.07. The van der Waals surface area contributed by atoms with Crippen LogP contribution >= 0.6 is 0 Å². The Balaban J connectivity index is 1.11. The third-order valence-corrected chi connectivity index (χ3v) is 12.1. The van der Waals surface area contributed by atoms with Crippen molar-refractivity contribution in [2.24, 2.45) is 0 Å². The molecule has 10 aromatic carbocycles. The fraction of sp³-hybridized carbons (Fsp3) is 0.0175. The lowest BCUT2D eigenvalue weighted by Gasteiger charge is -2.35. The van der Waals surface area contributed by atoms with E-state index in [1.54, 1.807) is 0 Å². The van der Waals surface area contributed by atoms with E-state index in [4.69, 9.17) is 0 Å². The van der Waals surface area contributed by atoms with E-state index in [-0.39, 0.29) is 0 Å². The van der Waals surface area contributed by atoms with Crippen molar-refractivity contribution >= 4 is 38.6 Å². The van der Waals surface area contributed by atoms with Crippen LogP contribution in [0.5, 0.6) is 0 Å². The Hall–Kier alpha value is -7.48. The smallest absolute Gasteiger partial charge is 0.0719 e. The van der Waals surface area contributed by atoms with Crippen molar-refractivity contribution in [1.82, 2.24) is 0 Å². The maximum atomic E-state index is 2.41. The van der Waals surface area contributed by atoms with Crippen LogP contribution in [0.4, 0.5) is 17.1 Å². The van der Waals surface area contributed by atoms with Crippen molar-refractivity contribution in [3.05, 3.63) is 259 Å². The highest BCUT2D eigenvalue weighted by Crippen LogP contribution is 2.60. The Morgan fingerprint density at radius 3 is 1.48 bits per heavy atom. The predicted octanol–water partition coefficient (Wildman–Crippen LogP) is 15.2. The second-order valence-corrected chi connectivity index (χ2v) is 15.2. The number of benzene rings is 10. The fourth-order valence-electron chi connectivity index (χ4n) is 9.54. The van der Waals surface area contributed by atoms with Crippen molar-refractivity contribution in [1.29, 1.82) is 0 Å². The number of hydrogen-bond donors (Lipinski definition) is 0. The van der Waals surface area contributed by atoms with E-state index >= 15 is 0 Å². The van der Waals surface area contributed by atoms with Crippen molar-refractivity contribution < 1.29 is 0 Å². The topological polar surface area (TPSA) is 3.24 Å². The van der Waals surface area contributed by atoms with Crippen LogP contribution in [-0.2, 0) is 5.41 Å². The van der Waals surface area contributed by atoms with Gasteiger partial charge >= 0.3 is 0 Å². The molecule has 0 aliphatic heterocycles. The lowest BCUT2D eigenvalue weighted by molar-refractivity contribution is 0.775. The minimum atomic E-state index is -0.497. The zero-order valence-electron chi connectivity index (χ0n) is 32.0. The van der Waals surface area contributed by atoms with Gasteiger partial charge < -0.3 is 4.90 Å². The molecular formula is C57H39N. The average molecular weight is 738 g/mol. The molecule has 0 saturated heterocycles. The molecule has 1 aliphatic carbocycles. The first kappa shape index (κ1) is 33.8. The normalized spacial score (nSPS) is 12.6. The van der Waals surface area contributed by atoms with E-state index < -0.39 is 5.41 Å². The first-order chi connectivity index (χ1) is 28.8. The molecule has 272 valence electrons. The van der Waals surface area contributed by atoms with Gasteiger partial charge in [0.15, 0.2) is 0 Å². The van der Waals surface area contributed by atoms with Gasteiger partial charge in [-0.3, -0.25) is 0 Å². The lowest BCUT2D eigenvalue weighted by Crippen LogP contribution is -2.28. The van der Waals surface area contributed by atoms with Gasteiger partial charge in [-0.1, -0.05) is 194 Å². The Labute approximate surface area is 339 Å². The van der Waals surface area contributed by atoms with Crippen LogP contribution in [0.3, 0.4) is 0 Å². The molecule has 0 atom stereocenters. The minimum absolute atomic E-state index is 0.497. The zero-order chi connectivity index (χ0) is 38.5. The van der Waals surface area contributed by atoms with Gasteiger partial charge in [-0.05, 0) is 120 Å². The molecule has 0 unspecified atom stereocenters. The third-order valence-electron chi connectivity index (χ3n) is 12.1. The highest BCUT2D eigenvalue weighted by Gasteiger charge is 2.48. The first-order valence-corrected chi connectivity index (χ1v) is 20.1. The molecule has 0 fully saturated rings. The Morgan fingerprint density at radius 1 is 0.310 bits per heavy atom. The van der Waals surface area contributed by atoms with E-state index in [0.717, 1.165) is 17.1 Å². The van der Waals surface area contributed by atoms with Crippen LogP contribution < -0.4 is 4.90 Å². The molecule has 1 nitrogen and oxygen atoms in total. The second kappa shape index (κ2) is 13.9. The third kappa shape index (κ3) is 5.39. The highest BCUT2D eigenvalue weighted by atomic mass is 15.1. The van der Waals surface area contributed by atoms with E-state index in [1.807, 2.05) is 0 Å². The van der Waals surface area contributed by atoms with Crippen LogP contribution in [0.25, 0.3) is 54.9 Å². The van der Waals surface area contributed by atoms with Gasteiger partial charge in [0.1, 0.15) is 0 Å². The molecule has 0 radical (unpaired) electrons. The molecule has 0 amide bonds. The van der Waals surface area contributed by atoms with Crippen LogP contribution in [0.1, 0.15) is 22.3 Å². The summed E-state index contributed by atoms with van der Waals surface area (Å²) in [5.41, 5.74) is 15.5. The molecule has 58 heavy (non-hydrogen) atoms. The molecular weight excluding hydrogens is 699 g/mol. The zero-order valence-corrected chi connectivity index (χ0v) is 32.0. The van der Waals surface area contributed by atoms with Crippen molar-refractivity contribution in [3.63, 3.8) is 0 Å².